The van der Waals surface area contributed by atoms with Crippen LogP contribution in [0.1, 0.15) is 41.5 Å². The zero-order chi connectivity index (χ0) is 14.9. The molecular weight excluding hydrogens is 277 g/mol. The maximum atomic E-state index is 12.9. The molecular formula is C12H13F3N2O3. The van der Waals surface area contributed by atoms with E-state index >= 15 is 0 Å². The highest BCUT2D eigenvalue weighted by Crippen LogP contribution is 2.35. The number of Topliss-reactive ketones (excluding diaryl/α,β-unsaturated/α-hetero) is 1. The van der Waals surface area contributed by atoms with E-state index < -0.39 is 35.7 Å². The maximum absolute atomic E-state index is 12.9. The Labute approximate surface area is 112 Å². The molecule has 20 heavy (non-hydrogen) atoms. The average molecular weight is 290 g/mol. The molecule has 0 fully saturated rings. The van der Waals surface area contributed by atoms with Crippen molar-refractivity contribution >= 4 is 11.8 Å². The zero-order valence-corrected chi connectivity index (χ0v) is 10.8. The van der Waals surface area contributed by atoms with Crippen LogP contribution >= 0.6 is 0 Å². The van der Waals surface area contributed by atoms with Gasteiger partial charge in [-0.3, -0.25) is 14.3 Å². The molecule has 1 heterocycles. The molecule has 1 aliphatic rings. The van der Waals surface area contributed by atoms with E-state index in [0.717, 1.165) is 4.68 Å². The third kappa shape index (κ3) is 2.68. The highest BCUT2D eigenvalue weighted by Gasteiger charge is 2.42. The van der Waals surface area contributed by atoms with Gasteiger partial charge in [-0.2, -0.15) is 18.3 Å². The molecule has 0 bridgehead atoms. The molecule has 0 radical (unpaired) electrons. The van der Waals surface area contributed by atoms with Gasteiger partial charge in [0.15, 0.2) is 11.5 Å². The second kappa shape index (κ2) is 5.26. The van der Waals surface area contributed by atoms with Crippen LogP contribution < -0.4 is 0 Å². The molecule has 0 aromatic carbocycles. The van der Waals surface area contributed by atoms with E-state index in [0.29, 0.717) is 12.8 Å². The van der Waals surface area contributed by atoms with Crippen LogP contribution in [0.4, 0.5) is 13.2 Å². The van der Waals surface area contributed by atoms with E-state index in [4.69, 9.17) is 4.74 Å². The second-order valence-electron chi connectivity index (χ2n) is 4.41. The lowest BCUT2D eigenvalue weighted by Gasteiger charge is -2.13. The fourth-order valence-corrected chi connectivity index (χ4v) is 2.24. The molecule has 110 valence electrons. The topological polar surface area (TPSA) is 61.2 Å². The molecule has 5 nitrogen and oxygen atoms in total. The van der Waals surface area contributed by atoms with Crippen LogP contribution in [0, 0.1) is 0 Å². The lowest BCUT2D eigenvalue weighted by atomic mass is 9.94. The average Bonchev–Trinajstić information content (AvgIpc) is 2.70. The van der Waals surface area contributed by atoms with E-state index in [9.17, 15) is 22.8 Å². The summed E-state index contributed by atoms with van der Waals surface area (Å²) in [5, 5.41) is 3.41. The van der Waals surface area contributed by atoms with Crippen molar-refractivity contribution in [2.45, 2.75) is 38.9 Å². The van der Waals surface area contributed by atoms with Gasteiger partial charge >= 0.3 is 12.1 Å². The smallest absolute Gasteiger partial charge is 0.435 e. The van der Waals surface area contributed by atoms with E-state index in [-0.39, 0.29) is 18.7 Å². The molecule has 0 unspecified atom stereocenters. The van der Waals surface area contributed by atoms with Gasteiger partial charge in [0.1, 0.15) is 6.54 Å². The summed E-state index contributed by atoms with van der Waals surface area (Å²) in [5.74, 6) is -1.25. The lowest BCUT2D eigenvalue weighted by molar-refractivity contribution is -0.146. The van der Waals surface area contributed by atoms with Gasteiger partial charge in [-0.05, 0) is 19.8 Å². The monoisotopic (exact) mass is 290 g/mol. The molecule has 0 saturated heterocycles. The number of rotatable bonds is 3. The summed E-state index contributed by atoms with van der Waals surface area (Å²) >= 11 is 0. The maximum Gasteiger partial charge on any atom is 0.435 e. The number of hydrogen-bond acceptors (Lipinski definition) is 4. The van der Waals surface area contributed by atoms with Crippen LogP contribution in [0.3, 0.4) is 0 Å². The van der Waals surface area contributed by atoms with Gasteiger partial charge in [0.2, 0.25) is 0 Å². The van der Waals surface area contributed by atoms with Gasteiger partial charge in [-0.15, -0.1) is 0 Å². The van der Waals surface area contributed by atoms with E-state index in [2.05, 4.69) is 5.10 Å². The SMILES string of the molecule is CCOC(=O)Cn1nc(C(F)(F)F)c2c1CCCC2=O. The number of halogens is 3. The van der Waals surface area contributed by atoms with Crippen LogP contribution in [0.2, 0.25) is 0 Å². The Balaban J connectivity index is 2.44. The molecule has 0 aliphatic heterocycles. The molecule has 1 aromatic rings. The summed E-state index contributed by atoms with van der Waals surface area (Å²) in [6.07, 6.45) is -3.89. The first-order chi connectivity index (χ1) is 9.34. The minimum Gasteiger partial charge on any atom is -0.465 e. The summed E-state index contributed by atoms with van der Waals surface area (Å²) in [4.78, 5) is 23.1. The van der Waals surface area contributed by atoms with Crippen LogP contribution in [0.5, 0.6) is 0 Å². The third-order valence-electron chi connectivity index (χ3n) is 3.01. The van der Waals surface area contributed by atoms with Crippen molar-refractivity contribution in [2.75, 3.05) is 6.61 Å². The number of carbonyl (C=O) groups excluding carboxylic acids is 2. The van der Waals surface area contributed by atoms with E-state index in [1.54, 1.807) is 6.92 Å². The largest absolute Gasteiger partial charge is 0.465 e. The number of alkyl halides is 3. The molecule has 8 heteroatoms. The molecule has 0 spiro atoms. The number of ketones is 1. The molecule has 2 rings (SSSR count). The van der Waals surface area contributed by atoms with Crippen LogP contribution in [-0.4, -0.2) is 28.1 Å². The van der Waals surface area contributed by atoms with Crippen LogP contribution in [0.25, 0.3) is 0 Å². The zero-order valence-electron chi connectivity index (χ0n) is 10.8. The Hall–Kier alpha value is -1.86. The molecule has 0 N–H and O–H groups in total. The lowest BCUT2D eigenvalue weighted by Crippen LogP contribution is -2.19. The van der Waals surface area contributed by atoms with Gasteiger partial charge in [0.25, 0.3) is 0 Å². The van der Waals surface area contributed by atoms with Gasteiger partial charge in [0.05, 0.1) is 17.9 Å². The normalized spacial score (nSPS) is 15.1. The van der Waals surface area contributed by atoms with Crippen molar-refractivity contribution in [3.63, 3.8) is 0 Å². The number of aromatic nitrogens is 2. The number of carbonyl (C=O) groups is 2. The highest BCUT2D eigenvalue weighted by molar-refractivity contribution is 5.99. The van der Waals surface area contributed by atoms with Crippen molar-refractivity contribution in [2.24, 2.45) is 0 Å². The van der Waals surface area contributed by atoms with Crippen molar-refractivity contribution in [1.82, 2.24) is 9.78 Å². The molecule has 1 aromatic heterocycles. The van der Waals surface area contributed by atoms with Gasteiger partial charge < -0.3 is 4.74 Å². The Bertz CT molecular complexity index is 549. The van der Waals surface area contributed by atoms with Crippen molar-refractivity contribution < 1.29 is 27.5 Å². The minimum atomic E-state index is -4.71. The first-order valence-electron chi connectivity index (χ1n) is 6.20. The van der Waals surface area contributed by atoms with E-state index in [1.807, 2.05) is 0 Å². The predicted octanol–water partition coefficient (Wildman–Crippen LogP) is 1.98. The Kier molecular flexibility index (Phi) is 3.82. The summed E-state index contributed by atoms with van der Waals surface area (Å²) in [6.45, 7) is 1.31. The van der Waals surface area contributed by atoms with Crippen molar-refractivity contribution in [1.29, 1.82) is 0 Å². The Morgan fingerprint density at radius 2 is 2.10 bits per heavy atom. The standard InChI is InChI=1S/C12H13F3N2O3/c1-2-20-9(19)6-17-7-4-3-5-8(18)10(7)11(16-17)12(13,14)15/h2-6H2,1H3. The molecule has 0 atom stereocenters. The van der Waals surface area contributed by atoms with E-state index in [1.165, 1.54) is 0 Å². The first-order valence-corrected chi connectivity index (χ1v) is 6.20. The van der Waals surface area contributed by atoms with Crippen LogP contribution in [-0.2, 0) is 28.7 Å². The minimum absolute atomic E-state index is 0.0706. The third-order valence-corrected chi connectivity index (χ3v) is 3.01. The molecule has 0 amide bonds. The number of hydrogen-bond donors (Lipinski definition) is 0. The number of ether oxygens (including phenoxy) is 1. The Morgan fingerprint density at radius 3 is 2.70 bits per heavy atom. The number of esters is 1. The summed E-state index contributed by atoms with van der Waals surface area (Å²) in [5.41, 5.74) is -1.43. The highest BCUT2D eigenvalue weighted by atomic mass is 19.4. The number of nitrogens with zero attached hydrogens (tertiary/aromatic N) is 2. The summed E-state index contributed by atoms with van der Waals surface area (Å²) < 4.78 is 44.3. The van der Waals surface area contributed by atoms with Crippen molar-refractivity contribution in [3.05, 3.63) is 17.0 Å². The van der Waals surface area contributed by atoms with Gasteiger partial charge in [-0.1, -0.05) is 0 Å². The summed E-state index contributed by atoms with van der Waals surface area (Å²) in [7, 11) is 0. The van der Waals surface area contributed by atoms with Gasteiger partial charge in [-0.25, -0.2) is 0 Å². The molecule has 0 saturated carbocycles. The summed E-state index contributed by atoms with van der Waals surface area (Å²) in [6, 6.07) is 0. The number of fused-ring (bicyclic) bond motifs is 1. The van der Waals surface area contributed by atoms with Crippen LogP contribution in [0.15, 0.2) is 0 Å². The van der Waals surface area contributed by atoms with Crippen molar-refractivity contribution in [3.8, 4) is 0 Å². The fourth-order valence-electron chi connectivity index (χ4n) is 2.24. The van der Waals surface area contributed by atoms with Gasteiger partial charge in [0, 0.05) is 6.42 Å². The predicted molar refractivity (Wildman–Crippen MR) is 61.1 cm³/mol. The quantitative estimate of drug-likeness (QED) is 0.799. The Morgan fingerprint density at radius 1 is 1.40 bits per heavy atom. The fraction of sp³-hybridized carbons (Fsp3) is 0.583. The second-order valence-corrected chi connectivity index (χ2v) is 4.41. The first kappa shape index (κ1) is 14.5. The molecule has 1 aliphatic carbocycles.